The van der Waals surface area contributed by atoms with Crippen molar-refractivity contribution in [2.75, 3.05) is 5.32 Å². The van der Waals surface area contributed by atoms with Gasteiger partial charge in [-0.05, 0) is 56.9 Å². The summed E-state index contributed by atoms with van der Waals surface area (Å²) in [6, 6.07) is 7.55. The molecule has 4 rings (SSSR count). The lowest BCUT2D eigenvalue weighted by atomic mass is 10.1. The van der Waals surface area contributed by atoms with E-state index < -0.39 is 0 Å². The first-order valence-corrected chi connectivity index (χ1v) is 8.99. The van der Waals surface area contributed by atoms with Gasteiger partial charge in [0.25, 0.3) is 5.91 Å². The van der Waals surface area contributed by atoms with Crippen molar-refractivity contribution < 1.29 is 4.79 Å². The van der Waals surface area contributed by atoms with Crippen LogP contribution in [0.1, 0.15) is 44.2 Å². The van der Waals surface area contributed by atoms with Crippen molar-refractivity contribution in [1.82, 2.24) is 9.97 Å². The van der Waals surface area contributed by atoms with Gasteiger partial charge in [0.15, 0.2) is 0 Å². The second kappa shape index (κ2) is 5.94. The van der Waals surface area contributed by atoms with Gasteiger partial charge < -0.3 is 5.32 Å². The van der Waals surface area contributed by atoms with Crippen molar-refractivity contribution in [2.45, 2.75) is 33.1 Å². The van der Waals surface area contributed by atoms with E-state index in [4.69, 9.17) is 0 Å². The summed E-state index contributed by atoms with van der Waals surface area (Å²) < 4.78 is 0. The molecule has 0 unspecified atom stereocenters. The van der Waals surface area contributed by atoms with Crippen LogP contribution in [0, 0.1) is 25.2 Å². The number of anilines is 1. The maximum absolute atomic E-state index is 12.6. The molecule has 0 saturated heterocycles. The molecule has 124 valence electrons. The molecule has 0 bridgehead atoms. The Bertz CT molecular complexity index is 1060. The Morgan fingerprint density at radius 2 is 1.96 bits per heavy atom. The number of amides is 1. The van der Waals surface area contributed by atoms with Gasteiger partial charge in [0.2, 0.25) is 0 Å². The normalized spacial score (nSPS) is 12.8. The number of benzene rings is 1. The quantitative estimate of drug-likeness (QED) is 0.761. The minimum absolute atomic E-state index is 0.224. The van der Waals surface area contributed by atoms with E-state index in [1.807, 2.05) is 19.9 Å². The van der Waals surface area contributed by atoms with Gasteiger partial charge in [0.1, 0.15) is 11.1 Å². The number of hydrogen-bond donors (Lipinski definition) is 1. The maximum atomic E-state index is 12.6. The van der Waals surface area contributed by atoms with Crippen molar-refractivity contribution in [2.24, 2.45) is 0 Å². The lowest BCUT2D eigenvalue weighted by Crippen LogP contribution is -2.12. The molecular formula is C19H16N4OS. The first-order chi connectivity index (χ1) is 12.1. The van der Waals surface area contributed by atoms with Crippen molar-refractivity contribution in [3.05, 3.63) is 51.2 Å². The van der Waals surface area contributed by atoms with Gasteiger partial charge in [0, 0.05) is 10.4 Å². The number of nitrogens with one attached hydrogen (secondary N) is 1. The molecule has 1 aliphatic carbocycles. The zero-order valence-electron chi connectivity index (χ0n) is 14.0. The molecule has 0 fully saturated rings. The summed E-state index contributed by atoms with van der Waals surface area (Å²) in [5, 5.41) is 13.0. The Balaban J connectivity index is 1.67. The van der Waals surface area contributed by atoms with Crippen LogP contribution in [-0.2, 0) is 12.8 Å². The van der Waals surface area contributed by atoms with Crippen LogP contribution in [-0.4, -0.2) is 15.9 Å². The minimum atomic E-state index is -0.224. The van der Waals surface area contributed by atoms with Gasteiger partial charge in [0.05, 0.1) is 28.0 Å². The minimum Gasteiger partial charge on any atom is -0.312 e. The largest absolute Gasteiger partial charge is 0.312 e. The number of nitriles is 1. The second-order valence-electron chi connectivity index (χ2n) is 6.23. The third-order valence-corrected chi connectivity index (χ3v) is 5.80. The average Bonchev–Trinajstić information content (AvgIpc) is 3.16. The van der Waals surface area contributed by atoms with Crippen molar-refractivity contribution in [3.8, 4) is 6.07 Å². The number of hydrogen-bond acceptors (Lipinski definition) is 5. The molecule has 0 atom stereocenters. The summed E-state index contributed by atoms with van der Waals surface area (Å²) in [6.07, 6.45) is 3.01. The highest BCUT2D eigenvalue weighted by molar-refractivity contribution is 7.16. The predicted octanol–water partition coefficient (Wildman–Crippen LogP) is 3.92. The van der Waals surface area contributed by atoms with E-state index in [-0.39, 0.29) is 5.91 Å². The van der Waals surface area contributed by atoms with E-state index >= 15 is 0 Å². The Kier molecular flexibility index (Phi) is 3.74. The molecule has 6 heteroatoms. The van der Waals surface area contributed by atoms with E-state index in [1.54, 1.807) is 12.1 Å². The Hall–Kier alpha value is -2.78. The third-order valence-electron chi connectivity index (χ3n) is 4.60. The lowest BCUT2D eigenvalue weighted by Gasteiger charge is -2.06. The number of aryl methyl sites for hydroxylation is 3. The van der Waals surface area contributed by atoms with E-state index in [0.717, 1.165) is 41.7 Å². The standard InChI is InChI=1S/C19H16N4OS/c1-10-11(2)22-16-8-12(6-7-15(16)21-10)18(24)23-19-14(9-20)13-4-3-5-17(13)25-19/h6-8H,3-5H2,1-2H3,(H,23,24). The summed E-state index contributed by atoms with van der Waals surface area (Å²) >= 11 is 1.52. The fourth-order valence-electron chi connectivity index (χ4n) is 3.16. The number of carbonyl (C=O) groups is 1. The Morgan fingerprint density at radius 3 is 2.72 bits per heavy atom. The lowest BCUT2D eigenvalue weighted by molar-refractivity contribution is 0.102. The first kappa shape index (κ1) is 15.7. The van der Waals surface area contributed by atoms with Crippen LogP contribution in [0.4, 0.5) is 5.00 Å². The van der Waals surface area contributed by atoms with Crippen LogP contribution in [0.15, 0.2) is 18.2 Å². The highest BCUT2D eigenvalue weighted by Crippen LogP contribution is 2.38. The van der Waals surface area contributed by atoms with Gasteiger partial charge in [-0.3, -0.25) is 4.79 Å². The van der Waals surface area contributed by atoms with Crippen LogP contribution < -0.4 is 5.32 Å². The van der Waals surface area contributed by atoms with E-state index in [0.29, 0.717) is 21.6 Å². The monoisotopic (exact) mass is 348 g/mol. The van der Waals surface area contributed by atoms with Crippen molar-refractivity contribution in [3.63, 3.8) is 0 Å². The average molecular weight is 348 g/mol. The molecule has 1 aromatic carbocycles. The summed E-state index contributed by atoms with van der Waals surface area (Å²) in [6.45, 7) is 3.82. The van der Waals surface area contributed by atoms with E-state index in [1.165, 1.54) is 16.2 Å². The zero-order valence-corrected chi connectivity index (χ0v) is 14.8. The molecule has 2 heterocycles. The number of rotatable bonds is 2. The topological polar surface area (TPSA) is 78.7 Å². The van der Waals surface area contributed by atoms with E-state index in [9.17, 15) is 10.1 Å². The SMILES string of the molecule is Cc1nc2ccc(C(=O)Nc3sc4c(c3C#N)CCC4)cc2nc1C. The molecule has 3 aromatic rings. The number of carbonyl (C=O) groups excluding carboxylic acids is 1. The third kappa shape index (κ3) is 2.67. The Morgan fingerprint density at radius 1 is 1.20 bits per heavy atom. The van der Waals surface area contributed by atoms with Gasteiger partial charge in [-0.2, -0.15) is 5.26 Å². The molecule has 0 spiro atoms. The highest BCUT2D eigenvalue weighted by Gasteiger charge is 2.23. The molecule has 0 saturated carbocycles. The molecule has 25 heavy (non-hydrogen) atoms. The summed E-state index contributed by atoms with van der Waals surface area (Å²) in [4.78, 5) is 22.9. The smallest absolute Gasteiger partial charge is 0.256 e. The zero-order chi connectivity index (χ0) is 17.6. The Labute approximate surface area is 149 Å². The van der Waals surface area contributed by atoms with Crippen LogP contribution in [0.3, 0.4) is 0 Å². The molecule has 0 radical (unpaired) electrons. The number of thiophene rings is 1. The molecule has 5 nitrogen and oxygen atoms in total. The predicted molar refractivity (Wildman–Crippen MR) is 98.0 cm³/mol. The fraction of sp³-hybridized carbons (Fsp3) is 0.263. The van der Waals surface area contributed by atoms with Crippen LogP contribution in [0.25, 0.3) is 11.0 Å². The van der Waals surface area contributed by atoms with Gasteiger partial charge in [-0.1, -0.05) is 0 Å². The number of nitrogens with zero attached hydrogens (tertiary/aromatic N) is 3. The maximum Gasteiger partial charge on any atom is 0.256 e. The van der Waals surface area contributed by atoms with Crippen molar-refractivity contribution >= 4 is 33.3 Å². The molecule has 1 N–H and O–H groups in total. The van der Waals surface area contributed by atoms with Crippen LogP contribution in [0.5, 0.6) is 0 Å². The molecule has 0 aliphatic heterocycles. The molecule has 1 amide bonds. The number of fused-ring (bicyclic) bond motifs is 2. The fourth-order valence-corrected chi connectivity index (χ4v) is 4.39. The second-order valence-corrected chi connectivity index (χ2v) is 7.33. The first-order valence-electron chi connectivity index (χ1n) is 8.18. The highest BCUT2D eigenvalue weighted by atomic mass is 32.1. The van der Waals surface area contributed by atoms with Crippen LogP contribution >= 0.6 is 11.3 Å². The molecule has 2 aromatic heterocycles. The van der Waals surface area contributed by atoms with E-state index in [2.05, 4.69) is 21.4 Å². The summed E-state index contributed by atoms with van der Waals surface area (Å²) in [7, 11) is 0. The molecular weight excluding hydrogens is 332 g/mol. The van der Waals surface area contributed by atoms with Crippen LogP contribution in [0.2, 0.25) is 0 Å². The van der Waals surface area contributed by atoms with Gasteiger partial charge in [-0.25, -0.2) is 9.97 Å². The van der Waals surface area contributed by atoms with Crippen molar-refractivity contribution in [1.29, 1.82) is 5.26 Å². The number of aromatic nitrogens is 2. The van der Waals surface area contributed by atoms with Gasteiger partial charge in [-0.15, -0.1) is 11.3 Å². The summed E-state index contributed by atoms with van der Waals surface area (Å²) in [5.41, 5.74) is 5.46. The molecule has 1 aliphatic rings. The van der Waals surface area contributed by atoms with Gasteiger partial charge >= 0.3 is 0 Å². The summed E-state index contributed by atoms with van der Waals surface area (Å²) in [5.74, 6) is -0.224.